The molecule has 0 aliphatic heterocycles. The summed E-state index contributed by atoms with van der Waals surface area (Å²) in [6.07, 6.45) is 2.67. The Labute approximate surface area is 102 Å². The van der Waals surface area contributed by atoms with Gasteiger partial charge in [-0.3, -0.25) is 0 Å². The van der Waals surface area contributed by atoms with Crippen molar-refractivity contribution in [2.24, 2.45) is 0 Å². The lowest BCUT2D eigenvalue weighted by atomic mass is 10.1. The van der Waals surface area contributed by atoms with Crippen LogP contribution in [0.4, 0.5) is 5.82 Å². The Kier molecular flexibility index (Phi) is 4.54. The van der Waals surface area contributed by atoms with Gasteiger partial charge in [0, 0.05) is 12.5 Å². The van der Waals surface area contributed by atoms with Gasteiger partial charge in [0.25, 0.3) is 0 Å². The van der Waals surface area contributed by atoms with Gasteiger partial charge in [-0.15, -0.1) is 0 Å². The maximum atomic E-state index is 11.5. The van der Waals surface area contributed by atoms with Crippen LogP contribution in [0.15, 0.2) is 0 Å². The molecule has 1 heterocycles. The number of carbonyl (C=O) groups is 1. The summed E-state index contributed by atoms with van der Waals surface area (Å²) in [5.74, 6) is 0.793. The summed E-state index contributed by atoms with van der Waals surface area (Å²) < 4.78 is 6.65. The number of nitrogen functional groups attached to an aromatic ring is 1. The molecule has 0 saturated heterocycles. The number of rotatable bonds is 5. The van der Waals surface area contributed by atoms with Crippen LogP contribution in [0.2, 0.25) is 0 Å². The second kappa shape index (κ2) is 5.70. The van der Waals surface area contributed by atoms with Crippen LogP contribution in [0.1, 0.15) is 56.0 Å². The molecule has 0 amide bonds. The highest BCUT2D eigenvalue weighted by atomic mass is 16.5. The van der Waals surface area contributed by atoms with Gasteiger partial charge in [-0.05, 0) is 12.8 Å². The first-order chi connectivity index (χ1) is 8.10. The van der Waals surface area contributed by atoms with Gasteiger partial charge in [0.2, 0.25) is 0 Å². The van der Waals surface area contributed by atoms with Crippen molar-refractivity contribution in [2.45, 2.75) is 46.1 Å². The summed E-state index contributed by atoms with van der Waals surface area (Å²) in [5.41, 5.74) is 6.24. The number of imidazole rings is 1. The summed E-state index contributed by atoms with van der Waals surface area (Å²) in [6.45, 7) is 6.21. The summed E-state index contributed by atoms with van der Waals surface area (Å²) in [5, 5.41) is 0. The Morgan fingerprint density at radius 1 is 1.41 bits per heavy atom. The molecule has 0 unspecified atom stereocenters. The first kappa shape index (κ1) is 13.5. The minimum Gasteiger partial charge on any atom is -0.464 e. The molecule has 0 radical (unpaired) electrons. The lowest BCUT2D eigenvalue weighted by molar-refractivity contribution is 0.0595. The van der Waals surface area contributed by atoms with Gasteiger partial charge < -0.3 is 15.0 Å². The molecule has 0 aromatic carbocycles. The van der Waals surface area contributed by atoms with E-state index in [1.165, 1.54) is 7.11 Å². The van der Waals surface area contributed by atoms with E-state index in [1.54, 1.807) is 0 Å². The number of esters is 1. The molecule has 0 spiro atoms. The molecule has 1 rings (SSSR count). The van der Waals surface area contributed by atoms with Gasteiger partial charge in [0.1, 0.15) is 11.6 Å². The monoisotopic (exact) mass is 239 g/mol. The first-order valence-corrected chi connectivity index (χ1v) is 6.05. The zero-order chi connectivity index (χ0) is 13.0. The SMILES string of the molecule is CCc1nc(C(=O)OC)c(N)n1C(CC)CC. The van der Waals surface area contributed by atoms with Crippen molar-refractivity contribution in [2.75, 3.05) is 12.8 Å². The average molecular weight is 239 g/mol. The van der Waals surface area contributed by atoms with E-state index < -0.39 is 5.97 Å². The van der Waals surface area contributed by atoms with Crippen molar-refractivity contribution in [3.05, 3.63) is 11.5 Å². The molecule has 5 nitrogen and oxygen atoms in total. The maximum Gasteiger partial charge on any atom is 0.360 e. The average Bonchev–Trinajstić information content (AvgIpc) is 2.68. The van der Waals surface area contributed by atoms with Crippen LogP contribution < -0.4 is 5.73 Å². The van der Waals surface area contributed by atoms with Crippen LogP contribution in [-0.2, 0) is 11.2 Å². The van der Waals surface area contributed by atoms with Crippen LogP contribution in [0.25, 0.3) is 0 Å². The molecule has 1 aromatic rings. The number of nitrogens with two attached hydrogens (primary N) is 1. The van der Waals surface area contributed by atoms with Crippen LogP contribution in [0.3, 0.4) is 0 Å². The Morgan fingerprint density at radius 2 is 2.00 bits per heavy atom. The molecule has 0 atom stereocenters. The quantitative estimate of drug-likeness (QED) is 0.799. The predicted octanol–water partition coefficient (Wildman–Crippen LogP) is 2.18. The van der Waals surface area contributed by atoms with Crippen molar-refractivity contribution in [1.82, 2.24) is 9.55 Å². The lowest BCUT2D eigenvalue weighted by Crippen LogP contribution is -2.14. The normalized spacial score (nSPS) is 10.9. The highest BCUT2D eigenvalue weighted by Crippen LogP contribution is 2.25. The van der Waals surface area contributed by atoms with E-state index in [9.17, 15) is 4.79 Å². The molecule has 2 N–H and O–H groups in total. The maximum absolute atomic E-state index is 11.5. The number of hydrogen-bond donors (Lipinski definition) is 1. The van der Waals surface area contributed by atoms with E-state index in [4.69, 9.17) is 5.73 Å². The number of nitrogens with zero attached hydrogens (tertiary/aromatic N) is 2. The van der Waals surface area contributed by atoms with Gasteiger partial charge in [0.05, 0.1) is 7.11 Å². The van der Waals surface area contributed by atoms with Crippen molar-refractivity contribution in [1.29, 1.82) is 0 Å². The fraction of sp³-hybridized carbons (Fsp3) is 0.667. The second-order valence-corrected chi connectivity index (χ2v) is 3.95. The molecule has 0 bridgehead atoms. The van der Waals surface area contributed by atoms with Gasteiger partial charge in [-0.2, -0.15) is 0 Å². The topological polar surface area (TPSA) is 70.1 Å². The summed E-state index contributed by atoms with van der Waals surface area (Å²) in [4.78, 5) is 15.8. The largest absolute Gasteiger partial charge is 0.464 e. The molecular weight excluding hydrogens is 218 g/mol. The van der Waals surface area contributed by atoms with Crippen LogP contribution >= 0.6 is 0 Å². The second-order valence-electron chi connectivity index (χ2n) is 3.95. The minimum absolute atomic E-state index is 0.233. The third kappa shape index (κ3) is 2.43. The third-order valence-electron chi connectivity index (χ3n) is 3.02. The fourth-order valence-corrected chi connectivity index (χ4v) is 2.05. The molecule has 1 aromatic heterocycles. The van der Waals surface area contributed by atoms with Crippen LogP contribution in [0, 0.1) is 0 Å². The smallest absolute Gasteiger partial charge is 0.360 e. The first-order valence-electron chi connectivity index (χ1n) is 6.05. The van der Waals surface area contributed by atoms with E-state index in [0.717, 1.165) is 25.1 Å². The zero-order valence-corrected chi connectivity index (χ0v) is 11.0. The Hall–Kier alpha value is -1.52. The minimum atomic E-state index is -0.470. The Balaban J connectivity index is 3.28. The number of methoxy groups -OCH3 is 1. The number of hydrogen-bond acceptors (Lipinski definition) is 4. The van der Waals surface area contributed by atoms with Crippen molar-refractivity contribution in [3.8, 4) is 0 Å². The van der Waals surface area contributed by atoms with E-state index in [-0.39, 0.29) is 11.7 Å². The van der Waals surface area contributed by atoms with Crippen molar-refractivity contribution < 1.29 is 9.53 Å². The highest BCUT2D eigenvalue weighted by Gasteiger charge is 2.23. The molecule has 5 heteroatoms. The van der Waals surface area contributed by atoms with Crippen LogP contribution in [0.5, 0.6) is 0 Å². The van der Waals surface area contributed by atoms with E-state index in [1.807, 2.05) is 11.5 Å². The number of carbonyl (C=O) groups excluding carboxylic acids is 1. The van der Waals surface area contributed by atoms with E-state index in [0.29, 0.717) is 5.82 Å². The molecule has 0 fully saturated rings. The molecule has 17 heavy (non-hydrogen) atoms. The number of aromatic nitrogens is 2. The van der Waals surface area contributed by atoms with Crippen molar-refractivity contribution >= 4 is 11.8 Å². The summed E-state index contributed by atoms with van der Waals surface area (Å²) in [6, 6.07) is 0.288. The number of aryl methyl sites for hydroxylation is 1. The van der Waals surface area contributed by atoms with E-state index in [2.05, 4.69) is 23.6 Å². The molecule has 0 aliphatic carbocycles. The molecule has 96 valence electrons. The fourth-order valence-electron chi connectivity index (χ4n) is 2.05. The zero-order valence-electron chi connectivity index (χ0n) is 11.0. The summed E-state index contributed by atoms with van der Waals surface area (Å²) >= 11 is 0. The lowest BCUT2D eigenvalue weighted by Gasteiger charge is -2.18. The van der Waals surface area contributed by atoms with Gasteiger partial charge in [0.15, 0.2) is 5.69 Å². The number of anilines is 1. The van der Waals surface area contributed by atoms with Gasteiger partial charge in [-0.1, -0.05) is 20.8 Å². The van der Waals surface area contributed by atoms with Crippen LogP contribution in [-0.4, -0.2) is 22.6 Å². The number of ether oxygens (including phenoxy) is 1. The van der Waals surface area contributed by atoms with E-state index >= 15 is 0 Å². The Bertz CT molecular complexity index is 395. The van der Waals surface area contributed by atoms with Crippen molar-refractivity contribution in [3.63, 3.8) is 0 Å². The van der Waals surface area contributed by atoms with Gasteiger partial charge >= 0.3 is 5.97 Å². The molecular formula is C12H21N3O2. The third-order valence-corrected chi connectivity index (χ3v) is 3.02. The highest BCUT2D eigenvalue weighted by molar-refractivity contribution is 5.92. The molecule has 0 aliphatic rings. The summed E-state index contributed by atoms with van der Waals surface area (Å²) in [7, 11) is 1.34. The Morgan fingerprint density at radius 3 is 2.41 bits per heavy atom. The standard InChI is InChI=1S/C12H21N3O2/c1-5-8(6-2)15-9(7-3)14-10(11(15)13)12(16)17-4/h8H,5-7,13H2,1-4H3. The molecule has 0 saturated carbocycles. The van der Waals surface area contributed by atoms with Gasteiger partial charge in [-0.25, -0.2) is 9.78 Å². The predicted molar refractivity (Wildman–Crippen MR) is 67.0 cm³/mol.